The van der Waals surface area contributed by atoms with Gasteiger partial charge in [-0.3, -0.25) is 4.79 Å². The van der Waals surface area contributed by atoms with Gasteiger partial charge in [-0.05, 0) is 30.4 Å². The Hall–Kier alpha value is -1.75. The van der Waals surface area contributed by atoms with Crippen molar-refractivity contribution in [3.63, 3.8) is 0 Å². The van der Waals surface area contributed by atoms with E-state index in [-0.39, 0.29) is 5.75 Å². The lowest BCUT2D eigenvalue weighted by atomic mass is 10.1. The molecule has 1 aliphatic carbocycles. The molecule has 1 N–H and O–H groups in total. The molecular weight excluding hydrogens is 284 g/mol. The van der Waals surface area contributed by atoms with Gasteiger partial charge in [0.1, 0.15) is 0 Å². The number of fused-ring (bicyclic) bond motifs is 1. The predicted molar refractivity (Wildman–Crippen MR) is 82.9 cm³/mol. The number of thioether (sulfide) groups is 1. The highest BCUT2D eigenvalue weighted by Crippen LogP contribution is 2.34. The maximum absolute atomic E-state index is 10.8. The Labute approximate surface area is 128 Å². The Morgan fingerprint density at radius 3 is 2.62 bits per heavy atom. The lowest BCUT2D eigenvalue weighted by molar-refractivity contribution is -0.133. The Morgan fingerprint density at radius 1 is 1.38 bits per heavy atom. The molecule has 1 heterocycles. The van der Waals surface area contributed by atoms with Crippen molar-refractivity contribution in [2.24, 2.45) is 0 Å². The summed E-state index contributed by atoms with van der Waals surface area (Å²) in [5.74, 6) is -0.748. The standard InChI is InChI=1S/C16H18N2O2S/c1-2-13-9-17-16(21-10-15(19)20)18(13)14-7-11-5-3-4-6-12(11)8-14/h3-6,9,14H,2,7-8,10H2,1H3,(H,19,20). The molecule has 0 aliphatic heterocycles. The summed E-state index contributed by atoms with van der Waals surface area (Å²) in [6.45, 7) is 2.11. The SMILES string of the molecule is CCc1cnc(SCC(=O)O)n1C1Cc2ccccc2C1. The van der Waals surface area contributed by atoms with Gasteiger partial charge in [-0.1, -0.05) is 43.0 Å². The summed E-state index contributed by atoms with van der Waals surface area (Å²) >= 11 is 1.31. The van der Waals surface area contributed by atoms with Crippen LogP contribution in [0.25, 0.3) is 0 Å². The number of rotatable bonds is 5. The van der Waals surface area contributed by atoms with E-state index in [1.807, 2.05) is 6.20 Å². The molecule has 0 amide bonds. The molecule has 0 fully saturated rings. The average Bonchev–Trinajstić information content (AvgIpc) is 3.07. The van der Waals surface area contributed by atoms with Crippen LogP contribution in [-0.4, -0.2) is 26.4 Å². The molecule has 0 bridgehead atoms. The molecule has 110 valence electrons. The number of aryl methyl sites for hydroxylation is 1. The van der Waals surface area contributed by atoms with Crippen molar-refractivity contribution in [1.82, 2.24) is 9.55 Å². The summed E-state index contributed by atoms with van der Waals surface area (Å²) in [6.07, 6.45) is 4.79. The van der Waals surface area contributed by atoms with Crippen LogP contribution in [0, 0.1) is 0 Å². The normalized spacial score (nSPS) is 14.3. The number of carbonyl (C=O) groups is 1. The third kappa shape index (κ3) is 2.83. The first-order valence-electron chi connectivity index (χ1n) is 7.16. The lowest BCUT2D eigenvalue weighted by Gasteiger charge is -2.17. The summed E-state index contributed by atoms with van der Waals surface area (Å²) in [5, 5.41) is 9.71. The number of nitrogens with zero attached hydrogens (tertiary/aromatic N) is 2. The summed E-state index contributed by atoms with van der Waals surface area (Å²) in [6, 6.07) is 8.88. The van der Waals surface area contributed by atoms with Crippen molar-refractivity contribution in [3.05, 3.63) is 47.3 Å². The zero-order valence-corrected chi connectivity index (χ0v) is 12.8. The van der Waals surface area contributed by atoms with Crippen LogP contribution in [0.15, 0.2) is 35.6 Å². The minimum atomic E-state index is -0.803. The molecule has 0 unspecified atom stereocenters. The molecule has 4 nitrogen and oxygen atoms in total. The van der Waals surface area contributed by atoms with E-state index in [4.69, 9.17) is 5.11 Å². The van der Waals surface area contributed by atoms with Crippen LogP contribution in [0.4, 0.5) is 0 Å². The molecule has 0 spiro atoms. The van der Waals surface area contributed by atoms with Crippen LogP contribution in [0.3, 0.4) is 0 Å². The Bertz CT molecular complexity index is 641. The highest BCUT2D eigenvalue weighted by Gasteiger charge is 2.26. The predicted octanol–water partition coefficient (Wildman–Crippen LogP) is 2.96. The van der Waals surface area contributed by atoms with Gasteiger partial charge in [0.15, 0.2) is 5.16 Å². The van der Waals surface area contributed by atoms with Gasteiger partial charge in [0.05, 0.1) is 5.75 Å². The Balaban J connectivity index is 1.88. The van der Waals surface area contributed by atoms with Crippen LogP contribution >= 0.6 is 11.8 Å². The minimum Gasteiger partial charge on any atom is -0.481 e. The summed E-state index contributed by atoms with van der Waals surface area (Å²) in [5.41, 5.74) is 3.97. The van der Waals surface area contributed by atoms with E-state index in [1.54, 1.807) is 0 Å². The van der Waals surface area contributed by atoms with Crippen molar-refractivity contribution in [3.8, 4) is 0 Å². The van der Waals surface area contributed by atoms with Crippen LogP contribution in [-0.2, 0) is 24.1 Å². The van der Waals surface area contributed by atoms with Gasteiger partial charge >= 0.3 is 5.97 Å². The molecular formula is C16H18N2O2S. The first kappa shape index (κ1) is 14.2. The van der Waals surface area contributed by atoms with Gasteiger partial charge in [0.25, 0.3) is 0 Å². The van der Waals surface area contributed by atoms with Crippen molar-refractivity contribution in [2.45, 2.75) is 37.4 Å². The molecule has 5 heteroatoms. The number of carboxylic acids is 1. The zero-order chi connectivity index (χ0) is 14.8. The second kappa shape index (κ2) is 5.93. The molecule has 0 atom stereocenters. The highest BCUT2D eigenvalue weighted by molar-refractivity contribution is 7.99. The van der Waals surface area contributed by atoms with Gasteiger partial charge in [0.2, 0.25) is 0 Å². The summed E-state index contributed by atoms with van der Waals surface area (Å²) in [7, 11) is 0. The van der Waals surface area contributed by atoms with E-state index in [0.29, 0.717) is 6.04 Å². The molecule has 2 aromatic rings. The number of imidazole rings is 1. The van der Waals surface area contributed by atoms with Gasteiger partial charge in [0, 0.05) is 17.9 Å². The number of aliphatic carboxylic acids is 1. The smallest absolute Gasteiger partial charge is 0.313 e. The van der Waals surface area contributed by atoms with Gasteiger partial charge in [-0.2, -0.15) is 0 Å². The fourth-order valence-corrected chi connectivity index (χ4v) is 3.77. The molecule has 1 aromatic heterocycles. The molecule has 0 saturated heterocycles. The fraction of sp³-hybridized carbons (Fsp3) is 0.375. The number of carboxylic acid groups (broad SMARTS) is 1. The van der Waals surface area contributed by atoms with Gasteiger partial charge in [-0.15, -0.1) is 0 Å². The summed E-state index contributed by atoms with van der Waals surface area (Å²) < 4.78 is 2.24. The van der Waals surface area contributed by atoms with E-state index >= 15 is 0 Å². The van der Waals surface area contributed by atoms with Crippen molar-refractivity contribution >= 4 is 17.7 Å². The number of hydrogen-bond acceptors (Lipinski definition) is 3. The van der Waals surface area contributed by atoms with Crippen molar-refractivity contribution < 1.29 is 9.90 Å². The zero-order valence-electron chi connectivity index (χ0n) is 12.0. The lowest BCUT2D eigenvalue weighted by Crippen LogP contribution is -2.14. The molecule has 1 aliphatic rings. The summed E-state index contributed by atoms with van der Waals surface area (Å²) in [4.78, 5) is 15.2. The van der Waals surface area contributed by atoms with Gasteiger partial charge < -0.3 is 9.67 Å². The average molecular weight is 302 g/mol. The van der Waals surface area contributed by atoms with Crippen LogP contribution in [0.1, 0.15) is 29.8 Å². The van der Waals surface area contributed by atoms with E-state index in [1.165, 1.54) is 28.6 Å². The van der Waals surface area contributed by atoms with E-state index < -0.39 is 5.97 Å². The topological polar surface area (TPSA) is 55.1 Å². The van der Waals surface area contributed by atoms with E-state index in [0.717, 1.165) is 24.4 Å². The van der Waals surface area contributed by atoms with Crippen LogP contribution in [0.5, 0.6) is 0 Å². The third-order valence-electron chi connectivity index (χ3n) is 3.92. The van der Waals surface area contributed by atoms with Crippen LogP contribution < -0.4 is 0 Å². The number of benzene rings is 1. The second-order valence-electron chi connectivity index (χ2n) is 5.27. The second-order valence-corrected chi connectivity index (χ2v) is 6.21. The van der Waals surface area contributed by atoms with Crippen molar-refractivity contribution in [2.75, 3.05) is 5.75 Å². The first-order valence-corrected chi connectivity index (χ1v) is 8.15. The molecule has 3 rings (SSSR count). The Kier molecular flexibility index (Phi) is 4.01. The minimum absolute atomic E-state index is 0.0554. The van der Waals surface area contributed by atoms with Gasteiger partial charge in [-0.25, -0.2) is 4.98 Å². The first-order chi connectivity index (χ1) is 10.2. The monoisotopic (exact) mass is 302 g/mol. The molecule has 1 aromatic carbocycles. The molecule has 0 radical (unpaired) electrons. The third-order valence-corrected chi connectivity index (χ3v) is 4.87. The fourth-order valence-electron chi connectivity index (χ4n) is 2.98. The van der Waals surface area contributed by atoms with Crippen LogP contribution in [0.2, 0.25) is 0 Å². The quantitative estimate of drug-likeness (QED) is 0.863. The van der Waals surface area contributed by atoms with Crippen molar-refractivity contribution in [1.29, 1.82) is 0 Å². The Morgan fingerprint density at radius 2 is 2.05 bits per heavy atom. The van der Waals surface area contributed by atoms with E-state index in [9.17, 15) is 4.79 Å². The molecule has 0 saturated carbocycles. The largest absolute Gasteiger partial charge is 0.481 e. The number of hydrogen-bond donors (Lipinski definition) is 1. The highest BCUT2D eigenvalue weighted by atomic mass is 32.2. The number of aromatic nitrogens is 2. The maximum atomic E-state index is 10.8. The van der Waals surface area contributed by atoms with E-state index in [2.05, 4.69) is 40.7 Å². The molecule has 21 heavy (non-hydrogen) atoms. The maximum Gasteiger partial charge on any atom is 0.313 e.